The van der Waals surface area contributed by atoms with Gasteiger partial charge in [0.15, 0.2) is 13.2 Å². The summed E-state index contributed by atoms with van der Waals surface area (Å²) in [6.07, 6.45) is 0. The quantitative estimate of drug-likeness (QED) is 0.617. The zero-order valence-electron chi connectivity index (χ0n) is 14.3. The van der Waals surface area contributed by atoms with Gasteiger partial charge in [0.1, 0.15) is 11.6 Å². The lowest BCUT2D eigenvalue weighted by Crippen LogP contribution is -2.14. The van der Waals surface area contributed by atoms with Gasteiger partial charge in [-0.05, 0) is 42.8 Å². The van der Waals surface area contributed by atoms with Gasteiger partial charge in [0, 0.05) is 5.56 Å². The molecule has 0 unspecified atom stereocenters. The normalized spacial score (nSPS) is 10.3. The van der Waals surface area contributed by atoms with E-state index < -0.39 is 5.97 Å². The second-order valence-corrected chi connectivity index (χ2v) is 5.56. The molecular formula is C19H14FN3O4. The highest BCUT2D eigenvalue weighted by Gasteiger charge is 2.13. The molecule has 0 aliphatic carbocycles. The molecule has 0 amide bonds. The Morgan fingerprint density at radius 2 is 2.04 bits per heavy atom. The number of esters is 1. The summed E-state index contributed by atoms with van der Waals surface area (Å²) < 4.78 is 28.9. The van der Waals surface area contributed by atoms with E-state index in [1.165, 1.54) is 6.07 Å². The number of ether oxygens (including phenoxy) is 2. The van der Waals surface area contributed by atoms with Crippen LogP contribution in [0, 0.1) is 24.1 Å². The number of halogens is 1. The van der Waals surface area contributed by atoms with Gasteiger partial charge in [-0.1, -0.05) is 17.3 Å². The van der Waals surface area contributed by atoms with Crippen LogP contribution in [-0.2, 0) is 16.1 Å². The molecule has 0 radical (unpaired) electrons. The van der Waals surface area contributed by atoms with Crippen molar-refractivity contribution in [3.63, 3.8) is 0 Å². The first-order valence-corrected chi connectivity index (χ1v) is 7.93. The van der Waals surface area contributed by atoms with Gasteiger partial charge in [-0.2, -0.15) is 10.2 Å². The number of hydrogen-bond acceptors (Lipinski definition) is 7. The molecule has 8 heteroatoms. The third-order valence-electron chi connectivity index (χ3n) is 3.59. The Labute approximate surface area is 154 Å². The molecule has 3 rings (SSSR count). The van der Waals surface area contributed by atoms with Crippen LogP contribution in [0.25, 0.3) is 11.4 Å². The van der Waals surface area contributed by atoms with E-state index in [1.807, 2.05) is 6.07 Å². The van der Waals surface area contributed by atoms with E-state index in [0.29, 0.717) is 22.4 Å². The summed E-state index contributed by atoms with van der Waals surface area (Å²) in [5.41, 5.74) is 1.47. The minimum Gasteiger partial charge on any atom is -0.482 e. The van der Waals surface area contributed by atoms with Crippen LogP contribution in [0.1, 0.15) is 17.0 Å². The Bertz CT molecular complexity index is 993. The maximum Gasteiger partial charge on any atom is 0.344 e. The summed E-state index contributed by atoms with van der Waals surface area (Å²) in [6, 6.07) is 12.9. The molecule has 136 valence electrons. The molecule has 1 aromatic heterocycles. The first-order valence-electron chi connectivity index (χ1n) is 7.93. The van der Waals surface area contributed by atoms with Crippen molar-refractivity contribution in [2.24, 2.45) is 0 Å². The second-order valence-electron chi connectivity index (χ2n) is 5.56. The van der Waals surface area contributed by atoms with Crippen LogP contribution in [0.15, 0.2) is 47.0 Å². The molecule has 1 heterocycles. The molecule has 0 aliphatic rings. The van der Waals surface area contributed by atoms with Crippen LogP contribution in [0.3, 0.4) is 0 Å². The molecule has 0 bridgehead atoms. The van der Waals surface area contributed by atoms with Gasteiger partial charge in [0.05, 0.1) is 11.6 Å². The summed E-state index contributed by atoms with van der Waals surface area (Å²) in [7, 11) is 0. The summed E-state index contributed by atoms with van der Waals surface area (Å²) in [4.78, 5) is 15.8. The number of benzene rings is 2. The molecule has 7 nitrogen and oxygen atoms in total. The predicted molar refractivity (Wildman–Crippen MR) is 90.9 cm³/mol. The Morgan fingerprint density at radius 3 is 2.74 bits per heavy atom. The lowest BCUT2D eigenvalue weighted by Gasteiger charge is -2.05. The van der Waals surface area contributed by atoms with E-state index in [9.17, 15) is 9.18 Å². The van der Waals surface area contributed by atoms with Crippen molar-refractivity contribution in [3.05, 3.63) is 65.3 Å². The molecule has 0 spiro atoms. The van der Waals surface area contributed by atoms with E-state index in [4.69, 9.17) is 19.3 Å². The maximum absolute atomic E-state index is 13.6. The molecule has 0 N–H and O–H groups in total. The van der Waals surface area contributed by atoms with E-state index >= 15 is 0 Å². The zero-order chi connectivity index (χ0) is 19.2. The monoisotopic (exact) mass is 367 g/mol. The molecule has 2 aromatic carbocycles. The van der Waals surface area contributed by atoms with Gasteiger partial charge < -0.3 is 14.0 Å². The standard InChI is InChI=1S/C19H14FN3O4/c1-12-2-5-14(8-16(12)20)19-22-17(27-23-19)10-26-18(24)11-25-15-6-3-13(9-21)4-7-15/h2-8H,10-11H2,1H3. The Balaban J connectivity index is 1.51. The van der Waals surface area contributed by atoms with Crippen molar-refractivity contribution in [2.75, 3.05) is 6.61 Å². The first kappa shape index (κ1) is 18.1. The minimum absolute atomic E-state index is 0.0812. The molecular weight excluding hydrogens is 353 g/mol. The fraction of sp³-hybridized carbons (Fsp3) is 0.158. The van der Waals surface area contributed by atoms with E-state index in [0.717, 1.165) is 0 Å². The third-order valence-corrected chi connectivity index (χ3v) is 3.59. The molecule has 0 atom stereocenters. The van der Waals surface area contributed by atoms with Gasteiger partial charge in [-0.25, -0.2) is 9.18 Å². The predicted octanol–water partition coefficient (Wildman–Crippen LogP) is 3.18. The first-order chi connectivity index (χ1) is 13.0. The van der Waals surface area contributed by atoms with Gasteiger partial charge >= 0.3 is 5.97 Å². The summed E-state index contributed by atoms with van der Waals surface area (Å²) in [5, 5.41) is 12.5. The van der Waals surface area contributed by atoms with Crippen LogP contribution in [0.2, 0.25) is 0 Å². The van der Waals surface area contributed by atoms with Crippen LogP contribution in [0.4, 0.5) is 4.39 Å². The average Bonchev–Trinajstić information content (AvgIpc) is 3.16. The van der Waals surface area contributed by atoms with E-state index in [-0.39, 0.29) is 30.7 Å². The maximum atomic E-state index is 13.6. The second kappa shape index (κ2) is 8.10. The molecule has 0 saturated carbocycles. The van der Waals surface area contributed by atoms with Crippen LogP contribution >= 0.6 is 0 Å². The molecule has 0 fully saturated rings. The highest BCUT2D eigenvalue weighted by atomic mass is 19.1. The van der Waals surface area contributed by atoms with Gasteiger partial charge in [0.25, 0.3) is 5.89 Å². The summed E-state index contributed by atoms with van der Waals surface area (Å²) >= 11 is 0. The van der Waals surface area contributed by atoms with Gasteiger partial charge in [-0.15, -0.1) is 0 Å². The number of aromatic nitrogens is 2. The average molecular weight is 367 g/mol. The number of carbonyl (C=O) groups excluding carboxylic acids is 1. The Morgan fingerprint density at radius 1 is 1.26 bits per heavy atom. The van der Waals surface area contributed by atoms with Gasteiger partial charge in [0.2, 0.25) is 5.82 Å². The number of aryl methyl sites for hydroxylation is 1. The van der Waals surface area contributed by atoms with Crippen molar-refractivity contribution in [3.8, 4) is 23.2 Å². The number of carbonyl (C=O) groups is 1. The fourth-order valence-corrected chi connectivity index (χ4v) is 2.11. The highest BCUT2D eigenvalue weighted by Crippen LogP contribution is 2.19. The van der Waals surface area contributed by atoms with Crippen molar-refractivity contribution in [2.45, 2.75) is 13.5 Å². The van der Waals surface area contributed by atoms with Crippen molar-refractivity contribution >= 4 is 5.97 Å². The number of hydrogen-bond donors (Lipinski definition) is 0. The topological polar surface area (TPSA) is 98.2 Å². The van der Waals surface area contributed by atoms with Crippen molar-refractivity contribution in [1.82, 2.24) is 10.1 Å². The number of rotatable bonds is 6. The van der Waals surface area contributed by atoms with E-state index in [1.54, 1.807) is 43.3 Å². The lowest BCUT2D eigenvalue weighted by atomic mass is 10.1. The van der Waals surface area contributed by atoms with Crippen molar-refractivity contribution < 1.29 is 23.2 Å². The number of nitrogens with zero attached hydrogens (tertiary/aromatic N) is 3. The molecule has 0 saturated heterocycles. The molecule has 27 heavy (non-hydrogen) atoms. The zero-order valence-corrected chi connectivity index (χ0v) is 14.3. The SMILES string of the molecule is Cc1ccc(-c2noc(COC(=O)COc3ccc(C#N)cc3)n2)cc1F. The van der Waals surface area contributed by atoms with E-state index in [2.05, 4.69) is 10.1 Å². The van der Waals surface area contributed by atoms with Gasteiger partial charge in [-0.3, -0.25) is 0 Å². The van der Waals surface area contributed by atoms with Crippen LogP contribution in [0.5, 0.6) is 5.75 Å². The largest absolute Gasteiger partial charge is 0.482 e. The van der Waals surface area contributed by atoms with Crippen LogP contribution in [-0.4, -0.2) is 22.7 Å². The lowest BCUT2D eigenvalue weighted by molar-refractivity contribution is -0.148. The third kappa shape index (κ3) is 4.67. The smallest absolute Gasteiger partial charge is 0.344 e. The van der Waals surface area contributed by atoms with Crippen molar-refractivity contribution in [1.29, 1.82) is 5.26 Å². The number of nitriles is 1. The summed E-state index contributed by atoms with van der Waals surface area (Å²) in [5.74, 6) is -0.273. The highest BCUT2D eigenvalue weighted by molar-refractivity contribution is 5.71. The Kier molecular flexibility index (Phi) is 5.42. The van der Waals surface area contributed by atoms with Crippen LogP contribution < -0.4 is 4.74 Å². The Hall–Kier alpha value is -3.73. The molecule has 0 aliphatic heterocycles. The minimum atomic E-state index is -0.625. The molecule has 3 aromatic rings. The fourth-order valence-electron chi connectivity index (χ4n) is 2.11. The summed E-state index contributed by atoms with van der Waals surface area (Å²) in [6.45, 7) is 1.12.